The zero-order valence-electron chi connectivity index (χ0n) is 11.6. The average Bonchev–Trinajstić information content (AvgIpc) is 2.47. The van der Waals surface area contributed by atoms with Crippen molar-refractivity contribution < 1.29 is 9.90 Å². The lowest BCUT2D eigenvalue weighted by Gasteiger charge is -2.42. The van der Waals surface area contributed by atoms with Crippen molar-refractivity contribution in [2.45, 2.75) is 32.1 Å². The largest absolute Gasteiger partial charge is 0.477 e. The van der Waals surface area contributed by atoms with Crippen molar-refractivity contribution in [2.75, 3.05) is 23.7 Å². The van der Waals surface area contributed by atoms with Gasteiger partial charge in [-0.1, -0.05) is 19.3 Å². The smallest absolute Gasteiger partial charge is 0.354 e. The number of nitrogen functional groups attached to an aromatic ring is 1. The third kappa shape index (κ3) is 2.44. The summed E-state index contributed by atoms with van der Waals surface area (Å²) in [6, 6.07) is 3.12. The first-order valence-corrected chi connectivity index (χ1v) is 7.40. The van der Waals surface area contributed by atoms with Crippen molar-refractivity contribution in [2.24, 2.45) is 11.8 Å². The van der Waals surface area contributed by atoms with Crippen molar-refractivity contribution in [1.29, 1.82) is 0 Å². The van der Waals surface area contributed by atoms with Crippen LogP contribution < -0.4 is 10.6 Å². The van der Waals surface area contributed by atoms with Gasteiger partial charge in [-0.15, -0.1) is 0 Å². The van der Waals surface area contributed by atoms with Gasteiger partial charge in [-0.25, -0.2) is 9.78 Å². The van der Waals surface area contributed by atoms with E-state index in [1.54, 1.807) is 6.07 Å². The first-order chi connectivity index (χ1) is 9.65. The van der Waals surface area contributed by atoms with Crippen molar-refractivity contribution in [1.82, 2.24) is 4.98 Å². The maximum atomic E-state index is 11.1. The minimum absolute atomic E-state index is 0.0694. The topological polar surface area (TPSA) is 79.5 Å². The molecule has 3 rings (SSSR count). The van der Waals surface area contributed by atoms with Crippen molar-refractivity contribution >= 4 is 17.5 Å². The predicted molar refractivity (Wildman–Crippen MR) is 77.9 cm³/mol. The molecule has 1 saturated carbocycles. The molecular weight excluding hydrogens is 254 g/mol. The van der Waals surface area contributed by atoms with Gasteiger partial charge in [0, 0.05) is 13.1 Å². The number of hydrogen-bond donors (Lipinski definition) is 2. The Morgan fingerprint density at radius 1 is 1.25 bits per heavy atom. The van der Waals surface area contributed by atoms with Gasteiger partial charge in [0.25, 0.3) is 0 Å². The summed E-state index contributed by atoms with van der Waals surface area (Å²) in [5.41, 5.74) is 6.63. The summed E-state index contributed by atoms with van der Waals surface area (Å²) < 4.78 is 0. The highest BCUT2D eigenvalue weighted by Gasteiger charge is 2.32. The van der Waals surface area contributed by atoms with Crippen LogP contribution in [0.2, 0.25) is 0 Å². The molecule has 0 radical (unpaired) electrons. The van der Waals surface area contributed by atoms with Gasteiger partial charge in [0.15, 0.2) is 11.5 Å². The van der Waals surface area contributed by atoms with E-state index in [9.17, 15) is 4.79 Å². The molecule has 1 aromatic heterocycles. The van der Waals surface area contributed by atoms with Crippen LogP contribution in [0, 0.1) is 11.8 Å². The third-order valence-corrected chi connectivity index (χ3v) is 4.72. The number of nitrogens with zero attached hydrogens (tertiary/aromatic N) is 2. The second-order valence-electron chi connectivity index (χ2n) is 5.95. The average molecular weight is 275 g/mol. The maximum absolute atomic E-state index is 11.1. The zero-order chi connectivity index (χ0) is 14.1. The van der Waals surface area contributed by atoms with Gasteiger partial charge in [0.05, 0.1) is 5.69 Å². The number of piperidine rings is 1. The fourth-order valence-corrected chi connectivity index (χ4v) is 3.62. The van der Waals surface area contributed by atoms with E-state index in [2.05, 4.69) is 9.88 Å². The number of nitrogens with two attached hydrogens (primary N) is 1. The van der Waals surface area contributed by atoms with E-state index < -0.39 is 5.97 Å². The number of carboxylic acid groups (broad SMARTS) is 1. The summed E-state index contributed by atoms with van der Waals surface area (Å²) in [7, 11) is 0. The Hall–Kier alpha value is -1.78. The van der Waals surface area contributed by atoms with Crippen LogP contribution in [0.5, 0.6) is 0 Å². The quantitative estimate of drug-likeness (QED) is 0.866. The predicted octanol–water partition coefficient (Wildman–Crippen LogP) is 2.38. The second-order valence-corrected chi connectivity index (χ2v) is 5.95. The van der Waals surface area contributed by atoms with Crippen LogP contribution in [-0.4, -0.2) is 29.1 Å². The number of rotatable bonds is 2. The molecule has 0 aromatic carbocycles. The summed E-state index contributed by atoms with van der Waals surface area (Å²) in [6.45, 7) is 1.90. The Kier molecular flexibility index (Phi) is 3.51. The van der Waals surface area contributed by atoms with E-state index in [-0.39, 0.29) is 5.69 Å². The highest BCUT2D eigenvalue weighted by atomic mass is 16.4. The van der Waals surface area contributed by atoms with Crippen LogP contribution in [0.4, 0.5) is 11.5 Å². The molecule has 1 aliphatic heterocycles. The molecule has 0 spiro atoms. The van der Waals surface area contributed by atoms with E-state index in [1.165, 1.54) is 38.2 Å². The van der Waals surface area contributed by atoms with E-state index in [0.29, 0.717) is 17.4 Å². The number of anilines is 2. The van der Waals surface area contributed by atoms with Crippen LogP contribution in [0.15, 0.2) is 12.1 Å². The zero-order valence-corrected chi connectivity index (χ0v) is 11.6. The molecule has 0 amide bonds. The lowest BCUT2D eigenvalue weighted by atomic mass is 9.75. The fraction of sp³-hybridized carbons (Fsp3) is 0.600. The number of pyridine rings is 1. The molecule has 1 aromatic rings. The highest BCUT2D eigenvalue weighted by molar-refractivity contribution is 5.87. The van der Waals surface area contributed by atoms with Crippen LogP contribution >= 0.6 is 0 Å². The van der Waals surface area contributed by atoms with Gasteiger partial charge >= 0.3 is 5.97 Å². The first-order valence-electron chi connectivity index (χ1n) is 7.40. The maximum Gasteiger partial charge on any atom is 0.354 e. The molecule has 2 heterocycles. The van der Waals surface area contributed by atoms with E-state index in [4.69, 9.17) is 10.8 Å². The standard InChI is InChI=1S/C15H21N3O2/c16-12-5-6-13(15(19)20)17-14(12)18-8-7-10-3-1-2-4-11(10)9-18/h5-6,10-11H,1-4,7-9,16H2,(H,19,20). The molecular formula is C15H21N3O2. The summed E-state index contributed by atoms with van der Waals surface area (Å²) in [4.78, 5) is 17.5. The molecule has 5 heteroatoms. The van der Waals surface area contributed by atoms with E-state index in [0.717, 1.165) is 19.0 Å². The van der Waals surface area contributed by atoms with Gasteiger partial charge < -0.3 is 15.7 Å². The lowest BCUT2D eigenvalue weighted by Crippen LogP contribution is -2.42. The molecule has 0 bridgehead atoms. The summed E-state index contributed by atoms with van der Waals surface area (Å²) in [6.07, 6.45) is 6.46. The monoisotopic (exact) mass is 275 g/mol. The number of fused-ring (bicyclic) bond motifs is 1. The normalized spacial score (nSPS) is 26.1. The summed E-state index contributed by atoms with van der Waals surface area (Å²) in [5, 5.41) is 9.06. The van der Waals surface area contributed by atoms with Crippen LogP contribution in [0.3, 0.4) is 0 Å². The Balaban J connectivity index is 1.82. The first kappa shape index (κ1) is 13.2. The third-order valence-electron chi connectivity index (χ3n) is 4.72. The summed E-state index contributed by atoms with van der Waals surface area (Å²) >= 11 is 0. The van der Waals surface area contributed by atoms with E-state index in [1.807, 2.05) is 0 Å². The number of carbonyl (C=O) groups is 1. The molecule has 2 unspecified atom stereocenters. The lowest BCUT2D eigenvalue weighted by molar-refractivity contribution is 0.0690. The number of carboxylic acids is 1. The minimum atomic E-state index is -1.00. The molecule has 1 aliphatic carbocycles. The van der Waals surface area contributed by atoms with Crippen molar-refractivity contribution in [3.05, 3.63) is 17.8 Å². The molecule has 2 fully saturated rings. The van der Waals surface area contributed by atoms with Gasteiger partial charge in [0.2, 0.25) is 0 Å². The van der Waals surface area contributed by atoms with Gasteiger partial charge in [-0.2, -0.15) is 0 Å². The highest BCUT2D eigenvalue weighted by Crippen LogP contribution is 2.38. The van der Waals surface area contributed by atoms with Gasteiger partial charge in [0.1, 0.15) is 0 Å². The van der Waals surface area contributed by atoms with Gasteiger partial charge in [-0.05, 0) is 36.8 Å². The SMILES string of the molecule is Nc1ccc(C(=O)O)nc1N1CCC2CCCCC2C1. The molecule has 1 saturated heterocycles. The van der Waals surface area contributed by atoms with Crippen molar-refractivity contribution in [3.8, 4) is 0 Å². The Bertz CT molecular complexity index is 518. The van der Waals surface area contributed by atoms with Crippen LogP contribution in [0.25, 0.3) is 0 Å². The number of aromatic nitrogens is 1. The number of hydrogen-bond acceptors (Lipinski definition) is 4. The Morgan fingerprint density at radius 3 is 2.75 bits per heavy atom. The molecule has 2 aliphatic rings. The van der Waals surface area contributed by atoms with Gasteiger partial charge in [-0.3, -0.25) is 0 Å². The van der Waals surface area contributed by atoms with E-state index >= 15 is 0 Å². The molecule has 108 valence electrons. The van der Waals surface area contributed by atoms with Crippen LogP contribution in [-0.2, 0) is 0 Å². The Labute approximate surface area is 118 Å². The fourth-order valence-electron chi connectivity index (χ4n) is 3.62. The minimum Gasteiger partial charge on any atom is -0.477 e. The van der Waals surface area contributed by atoms with Crippen LogP contribution in [0.1, 0.15) is 42.6 Å². The molecule has 3 N–H and O–H groups in total. The Morgan fingerprint density at radius 2 is 2.00 bits per heavy atom. The summed E-state index contributed by atoms with van der Waals surface area (Å²) in [5.74, 6) is 1.20. The molecule has 2 atom stereocenters. The van der Waals surface area contributed by atoms with Crippen molar-refractivity contribution in [3.63, 3.8) is 0 Å². The second kappa shape index (κ2) is 5.31. The molecule has 5 nitrogen and oxygen atoms in total. The number of aromatic carboxylic acids is 1. The molecule has 20 heavy (non-hydrogen) atoms.